The van der Waals surface area contributed by atoms with Crippen LogP contribution in [0.2, 0.25) is 0 Å². The fourth-order valence-corrected chi connectivity index (χ4v) is 2.93. The van der Waals surface area contributed by atoms with Gasteiger partial charge in [0, 0.05) is 43.5 Å². The van der Waals surface area contributed by atoms with Crippen molar-refractivity contribution < 1.29 is 22.7 Å². The van der Waals surface area contributed by atoms with Crippen molar-refractivity contribution in [3.8, 4) is 5.75 Å². The largest absolute Gasteiger partial charge is 0.573 e. The Labute approximate surface area is 155 Å². The van der Waals surface area contributed by atoms with Gasteiger partial charge in [0.05, 0.1) is 0 Å². The van der Waals surface area contributed by atoms with E-state index < -0.39 is 6.36 Å². The van der Waals surface area contributed by atoms with E-state index in [-0.39, 0.29) is 17.2 Å². The highest BCUT2D eigenvalue weighted by atomic mass is 19.4. The lowest BCUT2D eigenvalue weighted by Crippen LogP contribution is -2.48. The highest BCUT2D eigenvalue weighted by Gasteiger charge is 2.31. The van der Waals surface area contributed by atoms with Crippen molar-refractivity contribution >= 4 is 17.7 Å². The third kappa shape index (κ3) is 5.26. The Kier molecular flexibility index (Phi) is 5.69. The molecule has 4 nitrogen and oxygen atoms in total. The molecular formula is C20H19F3N2O2. The number of hydrogen-bond donors (Lipinski definition) is 0. The van der Waals surface area contributed by atoms with Gasteiger partial charge in [0.1, 0.15) is 5.75 Å². The molecule has 0 aliphatic carbocycles. The first kappa shape index (κ1) is 18.8. The highest BCUT2D eigenvalue weighted by Crippen LogP contribution is 2.27. The van der Waals surface area contributed by atoms with Crippen LogP contribution in [-0.2, 0) is 4.79 Å². The third-order valence-electron chi connectivity index (χ3n) is 4.26. The van der Waals surface area contributed by atoms with Crippen molar-refractivity contribution in [3.63, 3.8) is 0 Å². The van der Waals surface area contributed by atoms with E-state index in [0.717, 1.165) is 5.69 Å². The van der Waals surface area contributed by atoms with Crippen LogP contribution in [0, 0.1) is 0 Å². The average molecular weight is 376 g/mol. The molecule has 7 heteroatoms. The van der Waals surface area contributed by atoms with Gasteiger partial charge in [-0.15, -0.1) is 13.2 Å². The van der Waals surface area contributed by atoms with Gasteiger partial charge in [-0.25, -0.2) is 0 Å². The zero-order chi connectivity index (χ0) is 19.3. The SMILES string of the molecule is O=C(/C=C/c1ccccc1OC(F)(F)F)N1CCN(c2ccccc2)CC1. The van der Waals surface area contributed by atoms with E-state index in [2.05, 4.69) is 9.64 Å². The van der Waals surface area contributed by atoms with E-state index in [4.69, 9.17) is 0 Å². The van der Waals surface area contributed by atoms with E-state index in [1.54, 1.807) is 11.0 Å². The molecule has 1 aliphatic heterocycles. The van der Waals surface area contributed by atoms with E-state index >= 15 is 0 Å². The average Bonchev–Trinajstić information content (AvgIpc) is 2.67. The van der Waals surface area contributed by atoms with E-state index in [0.29, 0.717) is 26.2 Å². The topological polar surface area (TPSA) is 32.8 Å². The molecule has 0 aromatic heterocycles. The Balaban J connectivity index is 1.60. The number of para-hydroxylation sites is 2. The summed E-state index contributed by atoms with van der Waals surface area (Å²) in [7, 11) is 0. The second-order valence-corrected chi connectivity index (χ2v) is 6.07. The summed E-state index contributed by atoms with van der Waals surface area (Å²) in [6.45, 7) is 2.52. The monoisotopic (exact) mass is 376 g/mol. The van der Waals surface area contributed by atoms with Gasteiger partial charge < -0.3 is 14.5 Å². The van der Waals surface area contributed by atoms with Crippen molar-refractivity contribution in [2.24, 2.45) is 0 Å². The van der Waals surface area contributed by atoms with Crippen LogP contribution in [0.4, 0.5) is 18.9 Å². The zero-order valence-electron chi connectivity index (χ0n) is 14.5. The van der Waals surface area contributed by atoms with E-state index in [1.807, 2.05) is 30.3 Å². The van der Waals surface area contributed by atoms with Crippen LogP contribution in [0.15, 0.2) is 60.7 Å². The second kappa shape index (κ2) is 8.16. The molecule has 0 saturated carbocycles. The summed E-state index contributed by atoms with van der Waals surface area (Å²) in [5.74, 6) is -0.563. The Morgan fingerprint density at radius 1 is 0.926 bits per heavy atom. The minimum atomic E-state index is -4.78. The van der Waals surface area contributed by atoms with E-state index in [9.17, 15) is 18.0 Å². The molecule has 0 atom stereocenters. The molecule has 0 radical (unpaired) electrons. The Hall–Kier alpha value is -2.96. The van der Waals surface area contributed by atoms with Crippen molar-refractivity contribution in [1.82, 2.24) is 4.90 Å². The molecule has 1 aliphatic rings. The van der Waals surface area contributed by atoms with Crippen molar-refractivity contribution in [2.75, 3.05) is 31.1 Å². The lowest BCUT2D eigenvalue weighted by atomic mass is 10.2. The van der Waals surface area contributed by atoms with Gasteiger partial charge in [0.25, 0.3) is 0 Å². The van der Waals surface area contributed by atoms with Gasteiger partial charge in [-0.05, 0) is 24.3 Å². The molecule has 27 heavy (non-hydrogen) atoms. The lowest BCUT2D eigenvalue weighted by Gasteiger charge is -2.35. The summed E-state index contributed by atoms with van der Waals surface area (Å²) in [4.78, 5) is 16.2. The number of amides is 1. The first-order chi connectivity index (χ1) is 12.9. The Bertz CT molecular complexity index is 798. The van der Waals surface area contributed by atoms with Gasteiger partial charge >= 0.3 is 6.36 Å². The van der Waals surface area contributed by atoms with Crippen molar-refractivity contribution in [2.45, 2.75) is 6.36 Å². The predicted molar refractivity (Wildman–Crippen MR) is 97.4 cm³/mol. The highest BCUT2D eigenvalue weighted by molar-refractivity contribution is 5.92. The quantitative estimate of drug-likeness (QED) is 0.758. The first-order valence-corrected chi connectivity index (χ1v) is 8.54. The first-order valence-electron chi connectivity index (χ1n) is 8.54. The second-order valence-electron chi connectivity index (χ2n) is 6.07. The number of anilines is 1. The normalized spacial score (nSPS) is 15.2. The minimum Gasteiger partial charge on any atom is -0.405 e. The number of hydrogen-bond acceptors (Lipinski definition) is 3. The number of carbonyl (C=O) groups excluding carboxylic acids is 1. The van der Waals surface area contributed by atoms with Gasteiger partial charge in [0.2, 0.25) is 5.91 Å². The van der Waals surface area contributed by atoms with Crippen molar-refractivity contribution in [1.29, 1.82) is 0 Å². The molecular weight excluding hydrogens is 357 g/mol. The number of ether oxygens (including phenoxy) is 1. The number of halogens is 3. The molecule has 142 valence electrons. The van der Waals surface area contributed by atoms with E-state index in [1.165, 1.54) is 30.4 Å². The smallest absolute Gasteiger partial charge is 0.405 e. The Morgan fingerprint density at radius 3 is 2.22 bits per heavy atom. The zero-order valence-corrected chi connectivity index (χ0v) is 14.5. The maximum Gasteiger partial charge on any atom is 0.573 e. The standard InChI is InChI=1S/C20H19F3N2O2/c21-20(22,23)27-18-9-5-4-6-16(18)10-11-19(26)25-14-12-24(13-15-25)17-7-2-1-3-8-17/h1-11H,12-15H2/b11-10+. The fourth-order valence-electron chi connectivity index (χ4n) is 2.93. The molecule has 1 fully saturated rings. The maximum absolute atomic E-state index is 12.5. The molecule has 0 spiro atoms. The van der Waals surface area contributed by atoms with Crippen LogP contribution in [0.3, 0.4) is 0 Å². The van der Waals surface area contributed by atoms with Gasteiger partial charge in [-0.3, -0.25) is 4.79 Å². The van der Waals surface area contributed by atoms with Crippen molar-refractivity contribution in [3.05, 3.63) is 66.2 Å². The van der Waals surface area contributed by atoms with Crippen LogP contribution in [0.25, 0.3) is 6.08 Å². The molecule has 3 rings (SSSR count). The summed E-state index contributed by atoms with van der Waals surface area (Å²) >= 11 is 0. The number of benzene rings is 2. The molecule has 1 saturated heterocycles. The molecule has 2 aromatic carbocycles. The number of nitrogens with zero attached hydrogens (tertiary/aromatic N) is 2. The summed E-state index contributed by atoms with van der Waals surface area (Å²) < 4.78 is 41.4. The lowest BCUT2D eigenvalue weighted by molar-refractivity contribution is -0.274. The number of piperazine rings is 1. The molecule has 1 heterocycles. The van der Waals surface area contributed by atoms with Gasteiger partial charge in [0.15, 0.2) is 0 Å². The third-order valence-corrected chi connectivity index (χ3v) is 4.26. The number of carbonyl (C=O) groups is 1. The molecule has 0 unspecified atom stereocenters. The minimum absolute atomic E-state index is 0.200. The summed E-state index contributed by atoms with van der Waals surface area (Å²) in [6, 6.07) is 15.7. The maximum atomic E-state index is 12.5. The number of alkyl halides is 3. The predicted octanol–water partition coefficient (Wildman–Crippen LogP) is 3.95. The van der Waals surface area contributed by atoms with Gasteiger partial charge in [-0.2, -0.15) is 0 Å². The molecule has 0 N–H and O–H groups in total. The molecule has 1 amide bonds. The van der Waals surface area contributed by atoms with Crippen LogP contribution >= 0.6 is 0 Å². The fraction of sp³-hybridized carbons (Fsp3) is 0.250. The van der Waals surface area contributed by atoms with Crippen LogP contribution in [0.5, 0.6) is 5.75 Å². The summed E-state index contributed by atoms with van der Waals surface area (Å²) in [5, 5.41) is 0. The number of rotatable bonds is 4. The van der Waals surface area contributed by atoms with Gasteiger partial charge in [-0.1, -0.05) is 36.4 Å². The van der Waals surface area contributed by atoms with Crippen LogP contribution < -0.4 is 9.64 Å². The van der Waals surface area contributed by atoms with Crippen LogP contribution in [0.1, 0.15) is 5.56 Å². The molecule has 2 aromatic rings. The summed E-state index contributed by atoms with van der Waals surface area (Å²) in [5.41, 5.74) is 1.31. The molecule has 0 bridgehead atoms. The van der Waals surface area contributed by atoms with Crippen LogP contribution in [-0.4, -0.2) is 43.3 Å². The summed E-state index contributed by atoms with van der Waals surface area (Å²) in [6.07, 6.45) is -2.13. The Morgan fingerprint density at radius 2 is 1.56 bits per heavy atom.